The van der Waals surface area contributed by atoms with Gasteiger partial charge >= 0.3 is 11.8 Å². The molecule has 198 valence electrons. The minimum atomic E-state index is -0.718. The second-order valence-electron chi connectivity index (χ2n) is 9.64. The SMILES string of the molecule is COc1ccc(C2(CNC(=O)C(=O)Nc3ccc4c(c3)CCCN4C(=O)c3cccs3)CCOCC2)cc1. The Morgan fingerprint density at radius 1 is 1.05 bits per heavy atom. The van der Waals surface area contributed by atoms with Gasteiger partial charge in [-0.05, 0) is 78.6 Å². The van der Waals surface area contributed by atoms with Crippen LogP contribution in [0.4, 0.5) is 11.4 Å². The third-order valence-corrected chi connectivity index (χ3v) is 8.24. The molecule has 5 rings (SSSR count). The van der Waals surface area contributed by atoms with Gasteiger partial charge in [-0.25, -0.2) is 0 Å². The van der Waals surface area contributed by atoms with E-state index in [2.05, 4.69) is 10.6 Å². The van der Waals surface area contributed by atoms with E-state index in [1.54, 1.807) is 18.1 Å². The Hall–Kier alpha value is -3.69. The van der Waals surface area contributed by atoms with Crippen molar-refractivity contribution in [2.24, 2.45) is 0 Å². The number of thiophene rings is 1. The van der Waals surface area contributed by atoms with Crippen LogP contribution >= 0.6 is 11.3 Å². The topological polar surface area (TPSA) is 97.0 Å². The molecule has 0 spiro atoms. The average Bonchev–Trinajstić information content (AvgIpc) is 3.51. The van der Waals surface area contributed by atoms with Gasteiger partial charge in [0.1, 0.15) is 5.75 Å². The van der Waals surface area contributed by atoms with Gasteiger partial charge in [-0.1, -0.05) is 18.2 Å². The molecule has 1 fully saturated rings. The van der Waals surface area contributed by atoms with Crippen LogP contribution in [-0.2, 0) is 26.2 Å². The molecule has 0 saturated carbocycles. The van der Waals surface area contributed by atoms with Crippen LogP contribution in [-0.4, -0.2) is 51.1 Å². The number of rotatable bonds is 6. The normalized spacial score (nSPS) is 16.3. The number of fused-ring (bicyclic) bond motifs is 1. The van der Waals surface area contributed by atoms with Gasteiger partial charge in [-0.2, -0.15) is 0 Å². The molecule has 0 radical (unpaired) electrons. The van der Waals surface area contributed by atoms with Gasteiger partial charge in [-0.15, -0.1) is 11.3 Å². The van der Waals surface area contributed by atoms with Gasteiger partial charge in [0.15, 0.2) is 0 Å². The number of methoxy groups -OCH3 is 1. The first-order valence-electron chi connectivity index (χ1n) is 12.8. The lowest BCUT2D eigenvalue weighted by Crippen LogP contribution is -2.47. The minimum Gasteiger partial charge on any atom is -0.497 e. The van der Waals surface area contributed by atoms with Crippen molar-refractivity contribution >= 4 is 40.4 Å². The fourth-order valence-electron chi connectivity index (χ4n) is 5.21. The van der Waals surface area contributed by atoms with Crippen molar-refractivity contribution in [1.82, 2.24) is 5.32 Å². The van der Waals surface area contributed by atoms with Crippen LogP contribution in [0.3, 0.4) is 0 Å². The minimum absolute atomic E-state index is 0.0176. The number of nitrogens with one attached hydrogen (secondary N) is 2. The van der Waals surface area contributed by atoms with E-state index in [-0.39, 0.29) is 11.3 Å². The van der Waals surface area contributed by atoms with Crippen LogP contribution < -0.4 is 20.3 Å². The molecule has 38 heavy (non-hydrogen) atoms. The first-order valence-corrected chi connectivity index (χ1v) is 13.7. The Morgan fingerprint density at radius 2 is 1.84 bits per heavy atom. The zero-order valence-corrected chi connectivity index (χ0v) is 22.1. The van der Waals surface area contributed by atoms with E-state index in [1.807, 2.05) is 53.9 Å². The molecular weight excluding hydrogens is 502 g/mol. The molecule has 3 aromatic rings. The van der Waals surface area contributed by atoms with Gasteiger partial charge < -0.3 is 25.0 Å². The van der Waals surface area contributed by atoms with Crippen molar-refractivity contribution in [3.05, 3.63) is 76.0 Å². The lowest BCUT2D eigenvalue weighted by Gasteiger charge is -2.38. The molecule has 2 aliphatic rings. The van der Waals surface area contributed by atoms with Crippen molar-refractivity contribution in [2.45, 2.75) is 31.1 Å². The van der Waals surface area contributed by atoms with E-state index >= 15 is 0 Å². The Bertz CT molecular complexity index is 1300. The summed E-state index contributed by atoms with van der Waals surface area (Å²) in [4.78, 5) is 41.0. The first-order chi connectivity index (χ1) is 18.5. The number of hydrogen-bond acceptors (Lipinski definition) is 6. The van der Waals surface area contributed by atoms with Crippen molar-refractivity contribution in [3.63, 3.8) is 0 Å². The predicted molar refractivity (Wildman–Crippen MR) is 147 cm³/mol. The summed E-state index contributed by atoms with van der Waals surface area (Å²) in [6.45, 7) is 2.17. The van der Waals surface area contributed by atoms with Crippen LogP contribution in [0.1, 0.15) is 40.1 Å². The Balaban J connectivity index is 1.24. The van der Waals surface area contributed by atoms with Gasteiger partial charge in [0.05, 0.1) is 12.0 Å². The molecular formula is C29H31N3O5S. The van der Waals surface area contributed by atoms with E-state index in [0.29, 0.717) is 36.9 Å². The third kappa shape index (κ3) is 5.44. The van der Waals surface area contributed by atoms with Crippen molar-refractivity contribution in [2.75, 3.05) is 43.6 Å². The van der Waals surface area contributed by atoms with E-state index in [1.165, 1.54) is 11.3 Å². The van der Waals surface area contributed by atoms with Crippen molar-refractivity contribution in [1.29, 1.82) is 0 Å². The molecule has 3 amide bonds. The van der Waals surface area contributed by atoms with Crippen LogP contribution in [0.2, 0.25) is 0 Å². The Morgan fingerprint density at radius 3 is 2.55 bits per heavy atom. The molecule has 2 aromatic carbocycles. The summed E-state index contributed by atoms with van der Waals surface area (Å²) >= 11 is 1.42. The predicted octanol–water partition coefficient (Wildman–Crippen LogP) is 4.15. The van der Waals surface area contributed by atoms with E-state index in [9.17, 15) is 14.4 Å². The van der Waals surface area contributed by atoms with E-state index in [4.69, 9.17) is 9.47 Å². The summed E-state index contributed by atoms with van der Waals surface area (Å²) in [6.07, 6.45) is 3.12. The number of ether oxygens (including phenoxy) is 2. The van der Waals surface area contributed by atoms with Gasteiger partial charge in [-0.3, -0.25) is 14.4 Å². The molecule has 2 N–H and O–H groups in total. The second kappa shape index (κ2) is 11.4. The fraction of sp³-hybridized carbons (Fsp3) is 0.345. The van der Waals surface area contributed by atoms with Gasteiger partial charge in [0.25, 0.3) is 5.91 Å². The van der Waals surface area contributed by atoms with Crippen molar-refractivity contribution in [3.8, 4) is 5.75 Å². The number of aryl methyl sites for hydroxylation is 1. The lowest BCUT2D eigenvalue weighted by atomic mass is 9.74. The molecule has 9 heteroatoms. The number of anilines is 2. The average molecular weight is 534 g/mol. The summed E-state index contributed by atoms with van der Waals surface area (Å²) in [6, 6.07) is 17.0. The third-order valence-electron chi connectivity index (χ3n) is 7.38. The van der Waals surface area contributed by atoms with E-state index in [0.717, 1.165) is 48.2 Å². The number of amides is 3. The highest BCUT2D eigenvalue weighted by molar-refractivity contribution is 7.12. The second-order valence-corrected chi connectivity index (χ2v) is 10.6. The molecule has 8 nitrogen and oxygen atoms in total. The molecule has 1 aromatic heterocycles. The van der Waals surface area contributed by atoms with Crippen LogP contribution in [0.15, 0.2) is 60.0 Å². The monoisotopic (exact) mass is 533 g/mol. The molecule has 0 atom stereocenters. The first kappa shape index (κ1) is 25.9. The number of benzene rings is 2. The maximum atomic E-state index is 12.9. The van der Waals surface area contributed by atoms with Crippen LogP contribution in [0.25, 0.3) is 0 Å². The Labute approximate surface area is 225 Å². The summed E-state index contributed by atoms with van der Waals surface area (Å²) in [5.74, 6) is -0.653. The number of hydrogen-bond donors (Lipinski definition) is 2. The molecule has 0 aliphatic carbocycles. The summed E-state index contributed by atoms with van der Waals surface area (Å²) in [7, 11) is 1.63. The maximum absolute atomic E-state index is 12.9. The highest BCUT2D eigenvalue weighted by Gasteiger charge is 2.35. The fourth-order valence-corrected chi connectivity index (χ4v) is 5.88. The quantitative estimate of drug-likeness (QED) is 0.464. The maximum Gasteiger partial charge on any atom is 0.313 e. The molecule has 0 bridgehead atoms. The summed E-state index contributed by atoms with van der Waals surface area (Å²) < 4.78 is 10.9. The zero-order valence-electron chi connectivity index (χ0n) is 21.3. The van der Waals surface area contributed by atoms with Gasteiger partial charge in [0, 0.05) is 43.1 Å². The molecule has 2 aliphatic heterocycles. The smallest absolute Gasteiger partial charge is 0.313 e. The molecule has 1 saturated heterocycles. The largest absolute Gasteiger partial charge is 0.497 e. The zero-order chi connectivity index (χ0) is 26.5. The standard InChI is InChI=1S/C29H31N3O5S/c1-36-23-9-6-21(7-10-23)29(12-15-37-16-13-29)19-30-26(33)27(34)31-22-8-11-24-20(18-22)4-2-14-32(24)28(35)25-5-3-17-38-25/h3,5-11,17-18H,2,4,12-16,19H2,1H3,(H,30,33)(H,31,34). The Kier molecular flexibility index (Phi) is 7.76. The molecule has 3 heterocycles. The summed E-state index contributed by atoms with van der Waals surface area (Å²) in [5, 5.41) is 7.47. The lowest BCUT2D eigenvalue weighted by molar-refractivity contribution is -0.136. The number of carbonyl (C=O) groups excluding carboxylic acids is 3. The highest BCUT2D eigenvalue weighted by atomic mass is 32.1. The van der Waals surface area contributed by atoms with Crippen molar-refractivity contribution < 1.29 is 23.9 Å². The van der Waals surface area contributed by atoms with E-state index < -0.39 is 11.8 Å². The number of nitrogens with zero attached hydrogens (tertiary/aromatic N) is 1. The van der Waals surface area contributed by atoms with Crippen LogP contribution in [0.5, 0.6) is 5.75 Å². The summed E-state index contributed by atoms with van der Waals surface area (Å²) in [5.41, 5.74) is 3.12. The highest BCUT2D eigenvalue weighted by Crippen LogP contribution is 2.35. The van der Waals surface area contributed by atoms with Crippen LogP contribution in [0, 0.1) is 0 Å². The number of carbonyl (C=O) groups is 3. The van der Waals surface area contributed by atoms with Gasteiger partial charge in [0.2, 0.25) is 0 Å². The molecule has 0 unspecified atom stereocenters.